The molecular weight excluding hydrogens is 570 g/mol. The number of aryl methyl sites for hydroxylation is 4. The van der Waals surface area contributed by atoms with Gasteiger partial charge in [-0.2, -0.15) is 0 Å². The minimum Gasteiger partial charge on any atom is -0.337 e. The molecule has 2 heterocycles. The Bertz CT molecular complexity index is 1580. The average molecular weight is 604 g/mol. The molecule has 1 saturated carbocycles. The van der Waals surface area contributed by atoms with Gasteiger partial charge in [0.1, 0.15) is 15.6 Å². The second-order valence-electron chi connectivity index (χ2n) is 10.4. The highest BCUT2D eigenvalue weighted by atomic mass is 35.5. The standard InChI is InChI=1S/C29H34ClN3O5S2/c1-7-22(32-29-24(30)18(5)33-38-29)40(36,37)27-17(4)19(6)39-26(27)28(35)31-21-14-15(2)13-16(3)23(21)25(34)20-11-9-8-10-12-20/h7,13-14,20,22,32H,1,8-12H2,2-6H3,(H,31,35). The third-order valence-electron chi connectivity index (χ3n) is 7.38. The Morgan fingerprint density at radius 3 is 2.42 bits per heavy atom. The van der Waals surface area contributed by atoms with Crippen LogP contribution in [0.2, 0.25) is 5.02 Å². The van der Waals surface area contributed by atoms with Crippen molar-refractivity contribution >= 4 is 56.0 Å². The van der Waals surface area contributed by atoms with Crippen LogP contribution in [-0.4, -0.2) is 30.6 Å². The number of halogens is 1. The number of Topliss-reactive ketones (excluding diaryl/α,β-unsaturated/α-hetero) is 1. The molecule has 8 nitrogen and oxygen atoms in total. The Balaban J connectivity index is 1.72. The first-order valence-electron chi connectivity index (χ1n) is 13.2. The Morgan fingerprint density at radius 1 is 1.15 bits per heavy atom. The summed E-state index contributed by atoms with van der Waals surface area (Å²) >= 11 is 7.29. The van der Waals surface area contributed by atoms with E-state index < -0.39 is 21.1 Å². The van der Waals surface area contributed by atoms with Crippen LogP contribution in [0.3, 0.4) is 0 Å². The largest absolute Gasteiger partial charge is 0.337 e. The van der Waals surface area contributed by atoms with Gasteiger partial charge in [0, 0.05) is 16.4 Å². The van der Waals surface area contributed by atoms with E-state index >= 15 is 0 Å². The minimum atomic E-state index is -4.19. The van der Waals surface area contributed by atoms with Crippen LogP contribution in [0, 0.1) is 40.5 Å². The van der Waals surface area contributed by atoms with E-state index in [4.69, 9.17) is 16.1 Å². The van der Waals surface area contributed by atoms with E-state index in [0.717, 1.165) is 54.6 Å². The van der Waals surface area contributed by atoms with Crippen LogP contribution in [0.25, 0.3) is 0 Å². The van der Waals surface area contributed by atoms with Crippen LogP contribution in [0.15, 0.2) is 34.2 Å². The van der Waals surface area contributed by atoms with Gasteiger partial charge in [-0.05, 0) is 70.2 Å². The Hall–Kier alpha value is -2.95. The normalized spacial score (nSPS) is 15.1. The summed E-state index contributed by atoms with van der Waals surface area (Å²) in [5, 5.41) is 8.20. The predicted octanol–water partition coefficient (Wildman–Crippen LogP) is 7.34. The van der Waals surface area contributed by atoms with Crippen molar-refractivity contribution in [2.45, 2.75) is 77.0 Å². The number of hydrogen-bond acceptors (Lipinski definition) is 8. The SMILES string of the molecule is C=CC(Nc1onc(C)c1Cl)S(=O)(=O)c1c(C(=O)Nc2cc(C)cc(C)c2C(=O)C2CCCCC2)sc(C)c1C. The molecular formula is C29H34ClN3O5S2. The molecule has 1 aliphatic rings. The fraction of sp³-hybridized carbons (Fsp3) is 0.414. The van der Waals surface area contributed by atoms with Gasteiger partial charge >= 0.3 is 0 Å². The fourth-order valence-electron chi connectivity index (χ4n) is 5.21. The predicted molar refractivity (Wildman–Crippen MR) is 160 cm³/mol. The third kappa shape index (κ3) is 5.75. The zero-order valence-corrected chi connectivity index (χ0v) is 25.7. The van der Waals surface area contributed by atoms with Gasteiger partial charge in [0.15, 0.2) is 11.2 Å². The highest BCUT2D eigenvalue weighted by Crippen LogP contribution is 2.37. The molecule has 214 valence electrons. The molecule has 1 aromatic carbocycles. The van der Waals surface area contributed by atoms with E-state index in [1.54, 1.807) is 26.8 Å². The van der Waals surface area contributed by atoms with Crippen LogP contribution in [0.4, 0.5) is 11.6 Å². The van der Waals surface area contributed by atoms with Gasteiger partial charge in [0.25, 0.3) is 5.91 Å². The molecule has 1 fully saturated rings. The quantitative estimate of drug-likeness (QED) is 0.194. The summed E-state index contributed by atoms with van der Waals surface area (Å²) in [6.45, 7) is 12.5. The number of rotatable bonds is 9. The lowest BCUT2D eigenvalue weighted by Crippen LogP contribution is -2.29. The summed E-state index contributed by atoms with van der Waals surface area (Å²) in [7, 11) is -4.19. The Morgan fingerprint density at radius 2 is 1.82 bits per heavy atom. The van der Waals surface area contributed by atoms with E-state index in [2.05, 4.69) is 22.4 Å². The van der Waals surface area contributed by atoms with Crippen molar-refractivity contribution in [3.05, 3.63) is 67.5 Å². The summed E-state index contributed by atoms with van der Waals surface area (Å²) in [4.78, 5) is 28.0. The maximum atomic E-state index is 13.9. The first-order chi connectivity index (χ1) is 18.9. The van der Waals surface area contributed by atoms with E-state index in [1.165, 1.54) is 6.08 Å². The molecule has 2 aromatic heterocycles. The van der Waals surface area contributed by atoms with Crippen molar-refractivity contribution in [1.29, 1.82) is 0 Å². The summed E-state index contributed by atoms with van der Waals surface area (Å²) in [5.74, 6) is -0.670. The van der Waals surface area contributed by atoms with E-state index in [-0.39, 0.29) is 32.4 Å². The molecule has 0 saturated heterocycles. The molecule has 11 heteroatoms. The van der Waals surface area contributed by atoms with Gasteiger partial charge in [-0.3, -0.25) is 9.59 Å². The fourth-order valence-corrected chi connectivity index (χ4v) is 8.52. The Labute approximate surface area is 244 Å². The average Bonchev–Trinajstić information content (AvgIpc) is 3.39. The van der Waals surface area contributed by atoms with Gasteiger partial charge in [-0.1, -0.05) is 54.7 Å². The van der Waals surface area contributed by atoms with Gasteiger partial charge in [0.2, 0.25) is 15.7 Å². The molecule has 1 aliphatic carbocycles. The van der Waals surface area contributed by atoms with Crippen LogP contribution >= 0.6 is 22.9 Å². The lowest BCUT2D eigenvalue weighted by atomic mass is 9.82. The number of carbonyl (C=O) groups excluding carboxylic acids is 2. The van der Waals surface area contributed by atoms with E-state index in [9.17, 15) is 18.0 Å². The number of nitrogens with zero attached hydrogens (tertiary/aromatic N) is 1. The van der Waals surface area contributed by atoms with Crippen LogP contribution < -0.4 is 10.6 Å². The number of aromatic nitrogens is 1. The number of thiophene rings is 1. The molecule has 0 bridgehead atoms. The maximum absolute atomic E-state index is 13.9. The molecule has 40 heavy (non-hydrogen) atoms. The zero-order chi connectivity index (χ0) is 29.4. The van der Waals surface area contributed by atoms with Gasteiger partial charge in [-0.15, -0.1) is 11.3 Å². The molecule has 1 amide bonds. The molecule has 0 radical (unpaired) electrons. The lowest BCUT2D eigenvalue weighted by Gasteiger charge is -2.23. The van der Waals surface area contributed by atoms with E-state index in [0.29, 0.717) is 27.4 Å². The summed E-state index contributed by atoms with van der Waals surface area (Å²) in [5.41, 5.74) is 3.41. The van der Waals surface area contributed by atoms with Crippen molar-refractivity contribution in [3.8, 4) is 0 Å². The molecule has 4 rings (SSSR count). The van der Waals surface area contributed by atoms with Crippen molar-refractivity contribution in [2.75, 3.05) is 10.6 Å². The number of anilines is 2. The lowest BCUT2D eigenvalue weighted by molar-refractivity contribution is 0.0890. The van der Waals surface area contributed by atoms with Crippen molar-refractivity contribution < 1.29 is 22.5 Å². The Kier molecular flexibility index (Phi) is 8.92. The highest BCUT2D eigenvalue weighted by Gasteiger charge is 2.35. The number of amides is 1. The van der Waals surface area contributed by atoms with Crippen LogP contribution in [0.1, 0.15) is 79.4 Å². The molecule has 1 unspecified atom stereocenters. The van der Waals surface area contributed by atoms with Crippen LogP contribution in [0.5, 0.6) is 0 Å². The number of ketones is 1. The molecule has 3 aromatic rings. The third-order valence-corrected chi connectivity index (χ3v) is 11.2. The number of nitrogens with one attached hydrogen (secondary N) is 2. The second kappa shape index (κ2) is 11.9. The molecule has 0 aliphatic heterocycles. The van der Waals surface area contributed by atoms with Crippen LogP contribution in [-0.2, 0) is 9.84 Å². The summed E-state index contributed by atoms with van der Waals surface area (Å²) in [6, 6.07) is 3.70. The first kappa shape index (κ1) is 30.0. The maximum Gasteiger partial charge on any atom is 0.267 e. The van der Waals surface area contributed by atoms with Crippen molar-refractivity contribution in [2.24, 2.45) is 5.92 Å². The molecule has 0 spiro atoms. The minimum absolute atomic E-state index is 0.00986. The number of carbonyl (C=O) groups is 2. The summed E-state index contributed by atoms with van der Waals surface area (Å²) in [6.07, 6.45) is 6.01. The topological polar surface area (TPSA) is 118 Å². The van der Waals surface area contributed by atoms with E-state index in [1.807, 2.05) is 19.9 Å². The van der Waals surface area contributed by atoms with Crippen molar-refractivity contribution in [1.82, 2.24) is 5.16 Å². The first-order valence-corrected chi connectivity index (χ1v) is 15.9. The molecule has 2 N–H and O–H groups in total. The van der Waals surface area contributed by atoms with Crippen molar-refractivity contribution in [3.63, 3.8) is 0 Å². The number of benzene rings is 1. The van der Waals surface area contributed by atoms with Gasteiger partial charge in [-0.25, -0.2) is 8.42 Å². The zero-order valence-electron chi connectivity index (χ0n) is 23.3. The highest BCUT2D eigenvalue weighted by molar-refractivity contribution is 7.92. The number of sulfone groups is 1. The smallest absolute Gasteiger partial charge is 0.267 e. The van der Waals surface area contributed by atoms with Gasteiger partial charge in [0.05, 0.1) is 10.6 Å². The number of hydrogen-bond donors (Lipinski definition) is 2. The monoisotopic (exact) mass is 603 g/mol. The molecule has 1 atom stereocenters. The second-order valence-corrected chi connectivity index (χ2v) is 14.0. The van der Waals surface area contributed by atoms with Gasteiger partial charge < -0.3 is 15.2 Å². The summed E-state index contributed by atoms with van der Waals surface area (Å²) < 4.78 is 33.0.